The number of esters is 1. The second kappa shape index (κ2) is 8.00. The van der Waals surface area contributed by atoms with Crippen molar-refractivity contribution in [2.24, 2.45) is 0 Å². The Labute approximate surface area is 169 Å². The van der Waals surface area contributed by atoms with Gasteiger partial charge in [0.15, 0.2) is 0 Å². The van der Waals surface area contributed by atoms with Crippen molar-refractivity contribution in [3.63, 3.8) is 0 Å². The van der Waals surface area contributed by atoms with Crippen molar-refractivity contribution in [2.45, 2.75) is 6.92 Å². The number of nitrogens with zero attached hydrogens (tertiary/aromatic N) is 1. The van der Waals surface area contributed by atoms with E-state index >= 15 is 0 Å². The van der Waals surface area contributed by atoms with E-state index < -0.39 is 17.7 Å². The second-order valence-electron chi connectivity index (χ2n) is 5.70. The van der Waals surface area contributed by atoms with Gasteiger partial charge in [0.1, 0.15) is 22.8 Å². The summed E-state index contributed by atoms with van der Waals surface area (Å²) < 4.78 is 24.0. The third-order valence-corrected chi connectivity index (χ3v) is 4.56. The number of aromatic nitrogens is 1. The summed E-state index contributed by atoms with van der Waals surface area (Å²) >= 11 is 12.1. The molecule has 0 fully saturated rings. The summed E-state index contributed by atoms with van der Waals surface area (Å²) in [4.78, 5) is 24.6. The number of halogens is 3. The van der Waals surface area contributed by atoms with Gasteiger partial charge in [-0.05, 0) is 37.3 Å². The van der Waals surface area contributed by atoms with Gasteiger partial charge in [-0.15, -0.1) is 0 Å². The number of ether oxygens (including phenoxy) is 1. The average molecular weight is 423 g/mol. The number of rotatable bonds is 4. The van der Waals surface area contributed by atoms with Gasteiger partial charge in [0.2, 0.25) is 0 Å². The SMILES string of the molecule is COC(=O)c1cc(NC(=O)c2c(-c3c(F)cccc3Cl)noc2C)ccc1Cl. The van der Waals surface area contributed by atoms with E-state index in [0.29, 0.717) is 0 Å². The first-order chi connectivity index (χ1) is 13.3. The Kier molecular flexibility index (Phi) is 5.67. The van der Waals surface area contributed by atoms with Gasteiger partial charge in [-0.1, -0.05) is 34.4 Å². The van der Waals surface area contributed by atoms with Gasteiger partial charge in [-0.25, -0.2) is 9.18 Å². The molecule has 0 atom stereocenters. The minimum atomic E-state index is -0.652. The van der Waals surface area contributed by atoms with Crippen molar-refractivity contribution in [1.82, 2.24) is 5.16 Å². The van der Waals surface area contributed by atoms with E-state index in [-0.39, 0.29) is 43.9 Å². The normalized spacial score (nSPS) is 10.6. The molecule has 6 nitrogen and oxygen atoms in total. The number of hydrogen-bond donors (Lipinski definition) is 1. The van der Waals surface area contributed by atoms with Crippen molar-refractivity contribution >= 4 is 40.8 Å². The minimum absolute atomic E-state index is 0.0153. The fourth-order valence-electron chi connectivity index (χ4n) is 2.60. The number of carbonyl (C=O) groups is 2. The smallest absolute Gasteiger partial charge is 0.339 e. The molecule has 0 spiro atoms. The molecule has 0 saturated heterocycles. The fourth-order valence-corrected chi connectivity index (χ4v) is 3.04. The molecule has 9 heteroatoms. The molecule has 2 aromatic carbocycles. The average Bonchev–Trinajstić information content (AvgIpc) is 3.03. The molecule has 0 radical (unpaired) electrons. The van der Waals surface area contributed by atoms with Crippen LogP contribution in [0.2, 0.25) is 10.0 Å². The summed E-state index contributed by atoms with van der Waals surface area (Å²) in [6, 6.07) is 8.44. The summed E-state index contributed by atoms with van der Waals surface area (Å²) in [6.45, 7) is 1.52. The highest BCUT2D eigenvalue weighted by molar-refractivity contribution is 6.34. The lowest BCUT2D eigenvalue weighted by Crippen LogP contribution is -2.14. The number of methoxy groups -OCH3 is 1. The van der Waals surface area contributed by atoms with E-state index in [2.05, 4.69) is 15.2 Å². The van der Waals surface area contributed by atoms with Gasteiger partial charge < -0.3 is 14.6 Å². The molecule has 1 heterocycles. The number of anilines is 1. The molecule has 0 saturated carbocycles. The lowest BCUT2D eigenvalue weighted by molar-refractivity contribution is 0.0600. The van der Waals surface area contributed by atoms with Crippen LogP contribution in [0.1, 0.15) is 26.5 Å². The first-order valence-electron chi connectivity index (χ1n) is 7.93. The maximum atomic E-state index is 14.3. The predicted octanol–water partition coefficient (Wildman–Crippen LogP) is 5.13. The van der Waals surface area contributed by atoms with Crippen molar-refractivity contribution in [3.05, 3.63) is 69.1 Å². The molecule has 3 aromatic rings. The van der Waals surface area contributed by atoms with Crippen LogP contribution in [0.3, 0.4) is 0 Å². The molecule has 0 unspecified atom stereocenters. The first-order valence-corrected chi connectivity index (χ1v) is 8.69. The van der Waals surface area contributed by atoms with Gasteiger partial charge in [0, 0.05) is 5.69 Å². The highest BCUT2D eigenvalue weighted by atomic mass is 35.5. The van der Waals surface area contributed by atoms with Crippen LogP contribution in [0, 0.1) is 12.7 Å². The molecule has 0 aliphatic rings. The van der Waals surface area contributed by atoms with Gasteiger partial charge in [0.05, 0.1) is 28.3 Å². The van der Waals surface area contributed by atoms with Crippen LogP contribution in [0.5, 0.6) is 0 Å². The van der Waals surface area contributed by atoms with Crippen LogP contribution in [-0.2, 0) is 4.74 Å². The summed E-state index contributed by atoms with van der Waals surface area (Å²) in [7, 11) is 1.22. The Balaban J connectivity index is 1.99. The molecule has 1 N–H and O–H groups in total. The van der Waals surface area contributed by atoms with E-state index in [0.717, 1.165) is 0 Å². The largest absolute Gasteiger partial charge is 0.465 e. The Bertz CT molecular complexity index is 1060. The monoisotopic (exact) mass is 422 g/mol. The van der Waals surface area contributed by atoms with Crippen molar-refractivity contribution in [3.8, 4) is 11.3 Å². The quantitative estimate of drug-likeness (QED) is 0.588. The summed E-state index contributed by atoms with van der Waals surface area (Å²) in [5, 5.41) is 6.65. The van der Waals surface area contributed by atoms with Crippen molar-refractivity contribution in [2.75, 3.05) is 12.4 Å². The molecule has 0 aliphatic heterocycles. The number of aryl methyl sites for hydroxylation is 1. The van der Waals surface area contributed by atoms with E-state index in [4.69, 9.17) is 27.7 Å². The maximum Gasteiger partial charge on any atom is 0.339 e. The maximum absolute atomic E-state index is 14.3. The van der Waals surface area contributed by atoms with Gasteiger partial charge >= 0.3 is 5.97 Å². The lowest BCUT2D eigenvalue weighted by Gasteiger charge is -2.09. The number of benzene rings is 2. The molecular weight excluding hydrogens is 410 g/mol. The predicted molar refractivity (Wildman–Crippen MR) is 102 cm³/mol. The van der Waals surface area contributed by atoms with E-state index in [1.165, 1.54) is 50.4 Å². The van der Waals surface area contributed by atoms with E-state index in [1.807, 2.05) is 0 Å². The number of nitrogens with one attached hydrogen (secondary N) is 1. The number of hydrogen-bond acceptors (Lipinski definition) is 5. The lowest BCUT2D eigenvalue weighted by atomic mass is 10.0. The minimum Gasteiger partial charge on any atom is -0.465 e. The van der Waals surface area contributed by atoms with Gasteiger partial charge in [0.25, 0.3) is 5.91 Å². The van der Waals surface area contributed by atoms with Gasteiger partial charge in [-0.2, -0.15) is 0 Å². The third kappa shape index (κ3) is 3.72. The molecule has 144 valence electrons. The molecule has 3 rings (SSSR count). The van der Waals surface area contributed by atoms with E-state index in [1.54, 1.807) is 0 Å². The molecule has 28 heavy (non-hydrogen) atoms. The Morgan fingerprint density at radius 2 is 1.93 bits per heavy atom. The van der Waals surface area contributed by atoms with E-state index in [9.17, 15) is 14.0 Å². The van der Waals surface area contributed by atoms with Gasteiger partial charge in [-0.3, -0.25) is 4.79 Å². The second-order valence-corrected chi connectivity index (χ2v) is 6.51. The zero-order valence-corrected chi connectivity index (χ0v) is 16.2. The molecular formula is C19H13Cl2FN2O4. The Morgan fingerprint density at radius 1 is 1.18 bits per heavy atom. The first kappa shape index (κ1) is 19.9. The highest BCUT2D eigenvalue weighted by Crippen LogP contribution is 2.34. The topological polar surface area (TPSA) is 81.4 Å². The molecule has 0 aliphatic carbocycles. The van der Waals surface area contributed by atoms with Crippen LogP contribution >= 0.6 is 23.2 Å². The van der Waals surface area contributed by atoms with Crippen LogP contribution in [0.25, 0.3) is 11.3 Å². The van der Waals surface area contributed by atoms with Crippen LogP contribution in [0.4, 0.5) is 10.1 Å². The standard InChI is InChI=1S/C19H13Cl2FN2O4/c1-9-15(17(24-28-9)16-13(21)4-3-5-14(16)22)18(25)23-10-6-7-12(20)11(8-10)19(26)27-2/h3-8H,1-2H3,(H,23,25). The van der Waals surface area contributed by atoms with Crippen molar-refractivity contribution in [1.29, 1.82) is 0 Å². The Morgan fingerprint density at radius 3 is 2.61 bits per heavy atom. The zero-order valence-electron chi connectivity index (χ0n) is 14.7. The Hall–Kier alpha value is -2.90. The highest BCUT2D eigenvalue weighted by Gasteiger charge is 2.25. The van der Waals surface area contributed by atoms with Crippen LogP contribution in [-0.4, -0.2) is 24.1 Å². The summed E-state index contributed by atoms with van der Waals surface area (Å²) in [5.41, 5.74) is 0.307. The van der Waals surface area contributed by atoms with Crippen molar-refractivity contribution < 1.29 is 23.2 Å². The number of carbonyl (C=O) groups excluding carboxylic acids is 2. The zero-order chi connectivity index (χ0) is 20.4. The number of amides is 1. The van der Waals surface area contributed by atoms with Crippen LogP contribution < -0.4 is 5.32 Å². The summed E-state index contributed by atoms with van der Waals surface area (Å²) in [5.74, 6) is -1.74. The van der Waals surface area contributed by atoms with Crippen LogP contribution in [0.15, 0.2) is 40.9 Å². The molecule has 0 bridgehead atoms. The fraction of sp³-hybridized carbons (Fsp3) is 0.105. The summed E-state index contributed by atoms with van der Waals surface area (Å²) in [6.07, 6.45) is 0. The molecule has 1 aromatic heterocycles. The molecule has 1 amide bonds. The third-order valence-electron chi connectivity index (χ3n) is 3.92.